The van der Waals surface area contributed by atoms with E-state index >= 15 is 0 Å². The molecular formula is C15H14N2OS. The van der Waals surface area contributed by atoms with E-state index in [0.29, 0.717) is 6.54 Å². The van der Waals surface area contributed by atoms with Crippen LogP contribution in [0.1, 0.15) is 10.4 Å². The number of para-hydroxylation sites is 1. The number of aromatic nitrogens is 1. The molecule has 0 saturated heterocycles. The third kappa shape index (κ3) is 2.75. The molecule has 0 unspecified atom stereocenters. The first-order valence-corrected chi connectivity index (χ1v) is 7.05. The molecule has 0 atom stereocenters. The van der Waals surface area contributed by atoms with E-state index < -0.39 is 0 Å². The maximum absolute atomic E-state index is 11.9. The third-order valence-corrected chi connectivity index (χ3v) is 3.90. The van der Waals surface area contributed by atoms with Crippen LogP contribution in [0.5, 0.6) is 0 Å². The molecule has 0 aliphatic heterocycles. The Hall–Kier alpha value is -1.91. The number of fused-ring (bicyclic) bond motifs is 1. The highest BCUT2D eigenvalue weighted by molar-refractivity contribution is 7.09. The molecule has 0 spiro atoms. The van der Waals surface area contributed by atoms with Gasteiger partial charge in [0, 0.05) is 29.0 Å². The van der Waals surface area contributed by atoms with Crippen molar-refractivity contribution in [2.75, 3.05) is 0 Å². The van der Waals surface area contributed by atoms with Crippen molar-refractivity contribution < 1.29 is 0 Å². The molecule has 3 rings (SSSR count). The Morgan fingerprint density at radius 1 is 1.11 bits per heavy atom. The summed E-state index contributed by atoms with van der Waals surface area (Å²) in [4.78, 5) is 16.1. The zero-order chi connectivity index (χ0) is 13.1. The van der Waals surface area contributed by atoms with Crippen molar-refractivity contribution in [3.63, 3.8) is 0 Å². The Morgan fingerprint density at radius 3 is 2.84 bits per heavy atom. The van der Waals surface area contributed by atoms with Crippen molar-refractivity contribution in [1.82, 2.24) is 10.3 Å². The summed E-state index contributed by atoms with van der Waals surface area (Å²) < 4.78 is 0. The topological polar surface area (TPSA) is 44.9 Å². The maximum atomic E-state index is 11.9. The molecule has 3 nitrogen and oxygen atoms in total. The zero-order valence-corrected chi connectivity index (χ0v) is 11.2. The summed E-state index contributed by atoms with van der Waals surface area (Å²) in [5, 5.41) is 6.42. The van der Waals surface area contributed by atoms with Crippen molar-refractivity contribution in [3.05, 3.63) is 68.6 Å². The average molecular weight is 270 g/mol. The monoisotopic (exact) mass is 270 g/mol. The van der Waals surface area contributed by atoms with E-state index in [2.05, 4.69) is 21.7 Å². The van der Waals surface area contributed by atoms with E-state index in [1.54, 1.807) is 11.3 Å². The SMILES string of the molecule is O=c1[nH]c2ccccc2cc1CNCc1cccs1. The Labute approximate surface area is 114 Å². The van der Waals surface area contributed by atoms with Crippen molar-refractivity contribution in [3.8, 4) is 0 Å². The molecule has 3 aromatic rings. The highest BCUT2D eigenvalue weighted by Crippen LogP contribution is 2.11. The lowest BCUT2D eigenvalue weighted by atomic mass is 10.1. The summed E-state index contributed by atoms with van der Waals surface area (Å²) in [6.45, 7) is 1.38. The average Bonchev–Trinajstić information content (AvgIpc) is 2.92. The van der Waals surface area contributed by atoms with Crippen LogP contribution in [-0.2, 0) is 13.1 Å². The molecule has 0 fully saturated rings. The summed E-state index contributed by atoms with van der Waals surface area (Å²) >= 11 is 1.72. The summed E-state index contributed by atoms with van der Waals surface area (Å²) in [5.74, 6) is 0. The smallest absolute Gasteiger partial charge is 0.252 e. The summed E-state index contributed by atoms with van der Waals surface area (Å²) in [6.07, 6.45) is 0. The molecule has 0 radical (unpaired) electrons. The molecule has 2 aromatic heterocycles. The molecule has 0 saturated carbocycles. The Kier molecular flexibility index (Phi) is 3.44. The predicted octanol–water partition coefficient (Wildman–Crippen LogP) is 2.88. The van der Waals surface area contributed by atoms with Crippen LogP contribution < -0.4 is 10.9 Å². The van der Waals surface area contributed by atoms with Crippen LogP contribution in [0.4, 0.5) is 0 Å². The van der Waals surface area contributed by atoms with Crippen LogP contribution in [0.15, 0.2) is 52.6 Å². The van der Waals surface area contributed by atoms with E-state index in [4.69, 9.17) is 0 Å². The second kappa shape index (κ2) is 5.38. The quantitative estimate of drug-likeness (QED) is 0.765. The Morgan fingerprint density at radius 2 is 2.00 bits per heavy atom. The van der Waals surface area contributed by atoms with Crippen molar-refractivity contribution in [2.45, 2.75) is 13.1 Å². The van der Waals surface area contributed by atoms with Crippen molar-refractivity contribution in [2.24, 2.45) is 0 Å². The number of nitrogens with one attached hydrogen (secondary N) is 2. The lowest BCUT2D eigenvalue weighted by Crippen LogP contribution is -2.20. The highest BCUT2D eigenvalue weighted by Gasteiger charge is 2.02. The lowest BCUT2D eigenvalue weighted by Gasteiger charge is -2.04. The van der Waals surface area contributed by atoms with E-state index in [9.17, 15) is 4.79 Å². The van der Waals surface area contributed by atoms with Gasteiger partial charge in [-0.15, -0.1) is 11.3 Å². The summed E-state index contributed by atoms with van der Waals surface area (Å²) in [5.41, 5.74) is 1.64. The number of hydrogen-bond donors (Lipinski definition) is 2. The fraction of sp³-hybridized carbons (Fsp3) is 0.133. The normalized spacial score (nSPS) is 10.9. The summed E-state index contributed by atoms with van der Waals surface area (Å²) in [7, 11) is 0. The lowest BCUT2D eigenvalue weighted by molar-refractivity contribution is 0.696. The van der Waals surface area contributed by atoms with Crippen LogP contribution in [0.2, 0.25) is 0 Å². The van der Waals surface area contributed by atoms with Gasteiger partial charge in [-0.05, 0) is 29.0 Å². The van der Waals surface area contributed by atoms with Gasteiger partial charge in [-0.2, -0.15) is 0 Å². The molecule has 0 aliphatic rings. The minimum Gasteiger partial charge on any atom is -0.322 e. The van der Waals surface area contributed by atoms with Gasteiger partial charge in [0.05, 0.1) is 0 Å². The van der Waals surface area contributed by atoms with Gasteiger partial charge >= 0.3 is 0 Å². The number of H-pyrrole nitrogens is 1. The van der Waals surface area contributed by atoms with Gasteiger partial charge < -0.3 is 10.3 Å². The van der Waals surface area contributed by atoms with Gasteiger partial charge in [0.2, 0.25) is 0 Å². The molecule has 0 bridgehead atoms. The summed E-state index contributed by atoms with van der Waals surface area (Å²) in [6, 6.07) is 13.9. The van der Waals surface area contributed by atoms with Crippen LogP contribution in [-0.4, -0.2) is 4.98 Å². The van der Waals surface area contributed by atoms with E-state index in [1.807, 2.05) is 36.4 Å². The number of benzene rings is 1. The molecule has 0 aliphatic carbocycles. The molecule has 0 amide bonds. The molecule has 19 heavy (non-hydrogen) atoms. The van der Waals surface area contributed by atoms with Gasteiger partial charge in [-0.1, -0.05) is 24.3 Å². The molecule has 4 heteroatoms. The predicted molar refractivity (Wildman–Crippen MR) is 79.4 cm³/mol. The number of aromatic amines is 1. The van der Waals surface area contributed by atoms with Gasteiger partial charge in [0.25, 0.3) is 5.56 Å². The first-order chi connectivity index (χ1) is 9.33. The van der Waals surface area contributed by atoms with Crippen LogP contribution >= 0.6 is 11.3 Å². The zero-order valence-electron chi connectivity index (χ0n) is 10.3. The van der Waals surface area contributed by atoms with Gasteiger partial charge in [0.15, 0.2) is 0 Å². The highest BCUT2D eigenvalue weighted by atomic mass is 32.1. The second-order valence-electron chi connectivity index (χ2n) is 4.39. The van der Waals surface area contributed by atoms with Crippen LogP contribution in [0, 0.1) is 0 Å². The number of pyridine rings is 1. The minimum atomic E-state index is -0.0163. The van der Waals surface area contributed by atoms with Crippen LogP contribution in [0.25, 0.3) is 10.9 Å². The van der Waals surface area contributed by atoms with E-state index in [1.165, 1.54) is 4.88 Å². The minimum absolute atomic E-state index is 0.0163. The van der Waals surface area contributed by atoms with E-state index in [-0.39, 0.29) is 5.56 Å². The largest absolute Gasteiger partial charge is 0.322 e. The molecule has 1 aromatic carbocycles. The molecule has 96 valence electrons. The van der Waals surface area contributed by atoms with Gasteiger partial charge in [0.1, 0.15) is 0 Å². The number of hydrogen-bond acceptors (Lipinski definition) is 3. The fourth-order valence-corrected chi connectivity index (χ4v) is 2.73. The molecule has 2 N–H and O–H groups in total. The molecule has 2 heterocycles. The first kappa shape index (κ1) is 12.1. The van der Waals surface area contributed by atoms with Crippen LogP contribution in [0.3, 0.4) is 0 Å². The van der Waals surface area contributed by atoms with Crippen molar-refractivity contribution >= 4 is 22.2 Å². The standard InChI is InChI=1S/C15H14N2OS/c18-15-12(9-16-10-13-5-3-7-19-13)8-11-4-1-2-6-14(11)17-15/h1-8,16H,9-10H2,(H,17,18). The Balaban J connectivity index is 1.77. The Bertz CT molecular complexity index is 731. The van der Waals surface area contributed by atoms with Crippen molar-refractivity contribution in [1.29, 1.82) is 0 Å². The van der Waals surface area contributed by atoms with E-state index in [0.717, 1.165) is 23.0 Å². The number of rotatable bonds is 4. The number of thiophene rings is 1. The fourth-order valence-electron chi connectivity index (χ4n) is 2.06. The third-order valence-electron chi connectivity index (χ3n) is 3.03. The van der Waals surface area contributed by atoms with Gasteiger partial charge in [-0.3, -0.25) is 4.79 Å². The first-order valence-electron chi connectivity index (χ1n) is 6.17. The van der Waals surface area contributed by atoms with Gasteiger partial charge in [-0.25, -0.2) is 0 Å². The molecular weight excluding hydrogens is 256 g/mol. The second-order valence-corrected chi connectivity index (χ2v) is 5.43. The maximum Gasteiger partial charge on any atom is 0.252 e.